The summed E-state index contributed by atoms with van der Waals surface area (Å²) in [4.78, 5) is 6.87. The van der Waals surface area contributed by atoms with Gasteiger partial charge in [0, 0.05) is 37.3 Å². The Hall–Kier alpha value is -0.890. The zero-order chi connectivity index (χ0) is 9.26. The molecule has 0 fully saturated rings. The average Bonchev–Trinajstić information content (AvgIpc) is 2.29. The number of hydrogen-bond donors (Lipinski definition) is 0. The van der Waals surface area contributed by atoms with Crippen LogP contribution in [0.1, 0.15) is 13.3 Å². The van der Waals surface area contributed by atoms with E-state index in [4.69, 9.17) is 0 Å². The van der Waals surface area contributed by atoms with E-state index < -0.39 is 0 Å². The zero-order valence-corrected chi connectivity index (χ0v) is 8.33. The molecule has 0 spiro atoms. The topological polar surface area (TPSA) is 15.6 Å². The van der Waals surface area contributed by atoms with Gasteiger partial charge in [0.2, 0.25) is 0 Å². The SMILES string of the molecule is CC1C=CC2=C(CCN(C)C2)N=C1. The van der Waals surface area contributed by atoms with Crippen LogP contribution in [0.2, 0.25) is 0 Å². The van der Waals surface area contributed by atoms with Gasteiger partial charge < -0.3 is 4.90 Å². The lowest BCUT2D eigenvalue weighted by molar-refractivity contribution is 0.351. The van der Waals surface area contributed by atoms with Crippen molar-refractivity contribution in [1.82, 2.24) is 4.90 Å². The molecule has 0 aliphatic carbocycles. The summed E-state index contributed by atoms with van der Waals surface area (Å²) in [7, 11) is 2.16. The van der Waals surface area contributed by atoms with Gasteiger partial charge in [0.25, 0.3) is 0 Å². The molecule has 0 saturated carbocycles. The maximum absolute atomic E-state index is 4.53. The third kappa shape index (κ3) is 1.89. The molecule has 0 N–H and O–H groups in total. The second-order valence-electron chi connectivity index (χ2n) is 3.96. The summed E-state index contributed by atoms with van der Waals surface area (Å²) < 4.78 is 0. The van der Waals surface area contributed by atoms with Gasteiger partial charge in [-0.3, -0.25) is 4.99 Å². The Kier molecular flexibility index (Phi) is 2.32. The predicted octanol–water partition coefficient (Wildman–Crippen LogP) is 1.85. The molecule has 0 aromatic rings. The highest BCUT2D eigenvalue weighted by molar-refractivity contribution is 5.66. The number of hydrogen-bond acceptors (Lipinski definition) is 2. The molecule has 0 aromatic carbocycles. The van der Waals surface area contributed by atoms with Crippen molar-refractivity contribution in [2.75, 3.05) is 20.1 Å². The normalized spacial score (nSPS) is 28.9. The second kappa shape index (κ2) is 3.46. The second-order valence-corrected chi connectivity index (χ2v) is 3.96. The van der Waals surface area contributed by atoms with Gasteiger partial charge in [-0.2, -0.15) is 0 Å². The lowest BCUT2D eigenvalue weighted by Crippen LogP contribution is -2.26. The molecule has 0 radical (unpaired) electrons. The van der Waals surface area contributed by atoms with Crippen LogP contribution in [0.4, 0.5) is 0 Å². The first-order valence-electron chi connectivity index (χ1n) is 4.88. The standard InChI is InChI=1S/C11H16N2/c1-9-3-4-10-8-13(2)6-5-11(10)12-7-9/h3-4,7,9H,5-6,8H2,1-2H3. The molecule has 1 unspecified atom stereocenters. The van der Waals surface area contributed by atoms with Gasteiger partial charge in [-0.05, 0) is 12.6 Å². The Labute approximate surface area is 79.7 Å². The number of nitrogens with zero attached hydrogens (tertiary/aromatic N) is 2. The van der Waals surface area contributed by atoms with E-state index in [0.29, 0.717) is 5.92 Å². The minimum atomic E-state index is 0.482. The van der Waals surface area contributed by atoms with E-state index in [9.17, 15) is 0 Å². The Balaban J connectivity index is 2.26. The lowest BCUT2D eigenvalue weighted by atomic mass is 10.1. The highest BCUT2D eigenvalue weighted by Crippen LogP contribution is 2.21. The van der Waals surface area contributed by atoms with Crippen molar-refractivity contribution in [3.8, 4) is 0 Å². The van der Waals surface area contributed by atoms with Gasteiger partial charge in [-0.25, -0.2) is 0 Å². The number of rotatable bonds is 0. The summed E-state index contributed by atoms with van der Waals surface area (Å²) in [6.07, 6.45) is 7.61. The molecule has 2 heterocycles. The fraction of sp³-hybridized carbons (Fsp3) is 0.545. The number of allylic oxidation sites excluding steroid dienone is 1. The molecule has 0 aromatic heterocycles. The van der Waals surface area contributed by atoms with Gasteiger partial charge in [0.05, 0.1) is 0 Å². The smallest absolute Gasteiger partial charge is 0.0457 e. The van der Waals surface area contributed by atoms with Crippen LogP contribution >= 0.6 is 0 Å². The molecule has 2 nitrogen and oxygen atoms in total. The van der Waals surface area contributed by atoms with E-state index >= 15 is 0 Å². The largest absolute Gasteiger partial charge is 0.302 e. The van der Waals surface area contributed by atoms with Crippen molar-refractivity contribution >= 4 is 6.21 Å². The van der Waals surface area contributed by atoms with E-state index in [1.54, 1.807) is 0 Å². The number of aliphatic imine (C=N–C) groups is 1. The molecule has 2 aliphatic heterocycles. The van der Waals surface area contributed by atoms with E-state index in [-0.39, 0.29) is 0 Å². The summed E-state index contributed by atoms with van der Waals surface area (Å²) >= 11 is 0. The summed E-state index contributed by atoms with van der Waals surface area (Å²) in [5.74, 6) is 0.482. The first-order valence-corrected chi connectivity index (χ1v) is 4.88. The van der Waals surface area contributed by atoms with Gasteiger partial charge in [0.1, 0.15) is 0 Å². The summed E-state index contributed by atoms with van der Waals surface area (Å²) in [5.41, 5.74) is 2.69. The maximum Gasteiger partial charge on any atom is 0.0457 e. The van der Waals surface area contributed by atoms with Crippen LogP contribution in [0.25, 0.3) is 0 Å². The van der Waals surface area contributed by atoms with E-state index in [2.05, 4.69) is 36.0 Å². The maximum atomic E-state index is 4.53. The van der Waals surface area contributed by atoms with Crippen LogP contribution < -0.4 is 0 Å². The Morgan fingerprint density at radius 3 is 3.23 bits per heavy atom. The molecular formula is C11H16N2. The van der Waals surface area contributed by atoms with E-state index in [1.165, 1.54) is 11.3 Å². The van der Waals surface area contributed by atoms with Crippen LogP contribution in [0.5, 0.6) is 0 Å². The Morgan fingerprint density at radius 2 is 2.38 bits per heavy atom. The van der Waals surface area contributed by atoms with Crippen molar-refractivity contribution < 1.29 is 0 Å². The fourth-order valence-corrected chi connectivity index (χ4v) is 1.74. The molecule has 2 rings (SSSR count). The van der Waals surface area contributed by atoms with Gasteiger partial charge in [0.15, 0.2) is 0 Å². The molecule has 2 aliphatic rings. The van der Waals surface area contributed by atoms with Crippen LogP contribution in [0, 0.1) is 5.92 Å². The van der Waals surface area contributed by atoms with Crippen LogP contribution in [0.3, 0.4) is 0 Å². The predicted molar refractivity (Wildman–Crippen MR) is 55.9 cm³/mol. The summed E-state index contributed by atoms with van der Waals surface area (Å²) in [6.45, 7) is 4.36. The molecule has 0 amide bonds. The quantitative estimate of drug-likeness (QED) is 0.550. The van der Waals surface area contributed by atoms with Gasteiger partial charge >= 0.3 is 0 Å². The van der Waals surface area contributed by atoms with Crippen molar-refractivity contribution in [2.45, 2.75) is 13.3 Å². The van der Waals surface area contributed by atoms with Crippen molar-refractivity contribution in [3.05, 3.63) is 23.4 Å². The molecule has 0 saturated heterocycles. The van der Waals surface area contributed by atoms with Gasteiger partial charge in [-0.15, -0.1) is 0 Å². The molecule has 2 heteroatoms. The summed E-state index contributed by atoms with van der Waals surface area (Å²) in [5, 5.41) is 0. The van der Waals surface area contributed by atoms with Gasteiger partial charge in [-0.1, -0.05) is 19.1 Å². The third-order valence-corrected chi connectivity index (χ3v) is 2.61. The number of likely N-dealkylation sites (N-methyl/N-ethyl adjacent to an activating group) is 1. The molecule has 13 heavy (non-hydrogen) atoms. The van der Waals surface area contributed by atoms with E-state index in [0.717, 1.165) is 19.5 Å². The van der Waals surface area contributed by atoms with Crippen molar-refractivity contribution in [1.29, 1.82) is 0 Å². The third-order valence-electron chi connectivity index (χ3n) is 2.61. The first kappa shape index (κ1) is 8.70. The highest BCUT2D eigenvalue weighted by Gasteiger charge is 2.15. The Bertz CT molecular complexity index is 286. The fourth-order valence-electron chi connectivity index (χ4n) is 1.74. The first-order chi connectivity index (χ1) is 6.25. The van der Waals surface area contributed by atoms with Crippen LogP contribution in [-0.4, -0.2) is 31.3 Å². The molecule has 0 bridgehead atoms. The van der Waals surface area contributed by atoms with E-state index in [1.807, 2.05) is 6.21 Å². The Morgan fingerprint density at radius 1 is 1.54 bits per heavy atom. The van der Waals surface area contributed by atoms with Crippen LogP contribution in [-0.2, 0) is 0 Å². The highest BCUT2D eigenvalue weighted by atomic mass is 15.1. The van der Waals surface area contributed by atoms with Crippen molar-refractivity contribution in [2.24, 2.45) is 10.9 Å². The van der Waals surface area contributed by atoms with Crippen molar-refractivity contribution in [3.63, 3.8) is 0 Å². The molecular weight excluding hydrogens is 160 g/mol. The molecule has 1 atom stereocenters. The minimum absolute atomic E-state index is 0.482. The lowest BCUT2D eigenvalue weighted by Gasteiger charge is -2.23. The van der Waals surface area contributed by atoms with Crippen LogP contribution in [0.15, 0.2) is 28.4 Å². The zero-order valence-electron chi connectivity index (χ0n) is 8.33. The summed E-state index contributed by atoms with van der Waals surface area (Å²) in [6, 6.07) is 0. The minimum Gasteiger partial charge on any atom is -0.302 e. The molecule has 70 valence electrons. The monoisotopic (exact) mass is 176 g/mol. The average molecular weight is 176 g/mol.